The SMILES string of the molecule is CCN(C(C)=O)c1nc(COc2ccc(-n3cnnn3)cc2)cs1. The Morgan fingerprint density at radius 1 is 1.33 bits per heavy atom. The lowest BCUT2D eigenvalue weighted by Crippen LogP contribution is -2.27. The van der Waals surface area contributed by atoms with Gasteiger partial charge in [-0.15, -0.1) is 16.4 Å². The first-order chi connectivity index (χ1) is 11.7. The highest BCUT2D eigenvalue weighted by atomic mass is 32.1. The highest BCUT2D eigenvalue weighted by molar-refractivity contribution is 7.14. The molecule has 8 nitrogen and oxygen atoms in total. The molecular formula is C15H16N6O2S. The Morgan fingerprint density at radius 3 is 2.75 bits per heavy atom. The van der Waals surface area contributed by atoms with Crippen LogP contribution in [0.1, 0.15) is 19.5 Å². The van der Waals surface area contributed by atoms with E-state index in [1.54, 1.807) is 9.58 Å². The number of anilines is 1. The first-order valence-electron chi connectivity index (χ1n) is 7.36. The van der Waals surface area contributed by atoms with E-state index >= 15 is 0 Å². The molecule has 24 heavy (non-hydrogen) atoms. The van der Waals surface area contributed by atoms with Gasteiger partial charge < -0.3 is 4.74 Å². The predicted octanol–water partition coefficient (Wildman–Crippen LogP) is 2.07. The normalized spacial score (nSPS) is 10.6. The van der Waals surface area contributed by atoms with Crippen LogP contribution in [0.3, 0.4) is 0 Å². The Balaban J connectivity index is 1.62. The number of thiazole rings is 1. The number of carbonyl (C=O) groups is 1. The topological polar surface area (TPSA) is 86.0 Å². The van der Waals surface area contributed by atoms with E-state index in [0.29, 0.717) is 18.3 Å². The molecule has 124 valence electrons. The summed E-state index contributed by atoms with van der Waals surface area (Å²) in [5.41, 5.74) is 1.64. The molecule has 1 amide bonds. The van der Waals surface area contributed by atoms with E-state index in [4.69, 9.17) is 4.74 Å². The molecule has 9 heteroatoms. The minimum atomic E-state index is -0.0162. The molecule has 0 bridgehead atoms. The third-order valence-electron chi connectivity index (χ3n) is 3.30. The van der Waals surface area contributed by atoms with Crippen molar-refractivity contribution >= 4 is 22.4 Å². The number of tetrazole rings is 1. The average molecular weight is 344 g/mol. The number of carbonyl (C=O) groups excluding carboxylic acids is 1. The van der Waals surface area contributed by atoms with E-state index < -0.39 is 0 Å². The molecule has 0 fully saturated rings. The second-order valence-electron chi connectivity index (χ2n) is 4.92. The van der Waals surface area contributed by atoms with Gasteiger partial charge in [-0.2, -0.15) is 0 Å². The maximum absolute atomic E-state index is 11.5. The number of rotatable bonds is 6. The average Bonchev–Trinajstić information content (AvgIpc) is 3.26. The summed E-state index contributed by atoms with van der Waals surface area (Å²) < 4.78 is 7.30. The molecular weight excluding hydrogens is 328 g/mol. The summed E-state index contributed by atoms with van der Waals surface area (Å²) >= 11 is 1.43. The van der Waals surface area contributed by atoms with Crippen molar-refractivity contribution in [3.8, 4) is 11.4 Å². The molecule has 0 saturated carbocycles. The quantitative estimate of drug-likeness (QED) is 0.680. The highest BCUT2D eigenvalue weighted by Crippen LogP contribution is 2.22. The largest absolute Gasteiger partial charge is 0.487 e. The van der Waals surface area contributed by atoms with Crippen LogP contribution >= 0.6 is 11.3 Å². The fourth-order valence-electron chi connectivity index (χ4n) is 2.11. The lowest BCUT2D eigenvalue weighted by Gasteiger charge is -2.14. The molecule has 2 aromatic heterocycles. The molecule has 0 unspecified atom stereocenters. The lowest BCUT2D eigenvalue weighted by molar-refractivity contribution is -0.116. The zero-order valence-electron chi connectivity index (χ0n) is 13.3. The zero-order valence-corrected chi connectivity index (χ0v) is 14.1. The van der Waals surface area contributed by atoms with Gasteiger partial charge in [0, 0.05) is 18.8 Å². The fourth-order valence-corrected chi connectivity index (χ4v) is 3.03. The Morgan fingerprint density at radius 2 is 2.12 bits per heavy atom. The Labute approximate surface area is 142 Å². The van der Waals surface area contributed by atoms with Gasteiger partial charge in [0.2, 0.25) is 5.91 Å². The molecule has 1 aromatic carbocycles. The highest BCUT2D eigenvalue weighted by Gasteiger charge is 2.13. The third kappa shape index (κ3) is 3.57. The minimum Gasteiger partial charge on any atom is -0.487 e. The minimum absolute atomic E-state index is 0.0162. The summed E-state index contributed by atoms with van der Waals surface area (Å²) in [5, 5.41) is 13.6. The number of amides is 1. The molecule has 0 N–H and O–H groups in total. The van der Waals surface area contributed by atoms with Crippen LogP contribution in [0.4, 0.5) is 5.13 Å². The van der Waals surface area contributed by atoms with E-state index in [0.717, 1.165) is 17.1 Å². The number of benzene rings is 1. The Kier molecular flexibility index (Phi) is 4.80. The number of hydrogen-bond donors (Lipinski definition) is 0. The smallest absolute Gasteiger partial charge is 0.225 e. The van der Waals surface area contributed by atoms with Crippen molar-refractivity contribution in [1.82, 2.24) is 25.2 Å². The van der Waals surface area contributed by atoms with Gasteiger partial charge in [0.25, 0.3) is 0 Å². The van der Waals surface area contributed by atoms with Crippen molar-refractivity contribution in [2.45, 2.75) is 20.5 Å². The van der Waals surface area contributed by atoms with Gasteiger partial charge in [-0.1, -0.05) is 0 Å². The van der Waals surface area contributed by atoms with Crippen LogP contribution in [0, 0.1) is 0 Å². The lowest BCUT2D eigenvalue weighted by atomic mass is 10.3. The van der Waals surface area contributed by atoms with Crippen molar-refractivity contribution in [2.24, 2.45) is 0 Å². The predicted molar refractivity (Wildman–Crippen MR) is 89.3 cm³/mol. The summed E-state index contributed by atoms with van der Waals surface area (Å²) in [6.07, 6.45) is 1.53. The van der Waals surface area contributed by atoms with Gasteiger partial charge in [0.1, 0.15) is 18.7 Å². The van der Waals surface area contributed by atoms with Crippen LogP contribution in [-0.2, 0) is 11.4 Å². The van der Waals surface area contributed by atoms with Gasteiger partial charge >= 0.3 is 0 Å². The van der Waals surface area contributed by atoms with Crippen LogP contribution in [0.2, 0.25) is 0 Å². The molecule has 0 spiro atoms. The van der Waals surface area contributed by atoms with E-state index in [1.807, 2.05) is 36.6 Å². The van der Waals surface area contributed by atoms with Crippen molar-refractivity contribution in [3.05, 3.63) is 41.7 Å². The first kappa shape index (κ1) is 16.1. The summed E-state index contributed by atoms with van der Waals surface area (Å²) in [5.74, 6) is 0.706. The zero-order chi connectivity index (χ0) is 16.9. The van der Waals surface area contributed by atoms with E-state index in [9.17, 15) is 4.79 Å². The molecule has 3 rings (SSSR count). The van der Waals surface area contributed by atoms with Gasteiger partial charge in [-0.3, -0.25) is 9.69 Å². The van der Waals surface area contributed by atoms with Crippen molar-refractivity contribution < 1.29 is 9.53 Å². The molecule has 0 aliphatic carbocycles. The van der Waals surface area contributed by atoms with Gasteiger partial charge in [-0.05, 0) is 41.6 Å². The van der Waals surface area contributed by atoms with Crippen molar-refractivity contribution in [1.29, 1.82) is 0 Å². The molecule has 3 aromatic rings. The Hall–Kier alpha value is -2.81. The fraction of sp³-hybridized carbons (Fsp3) is 0.267. The van der Waals surface area contributed by atoms with E-state index in [1.165, 1.54) is 24.6 Å². The van der Waals surface area contributed by atoms with Gasteiger partial charge in [0.15, 0.2) is 5.13 Å². The summed E-state index contributed by atoms with van der Waals surface area (Å²) in [4.78, 5) is 17.6. The second kappa shape index (κ2) is 7.18. The van der Waals surface area contributed by atoms with Gasteiger partial charge in [-0.25, -0.2) is 9.67 Å². The molecule has 0 radical (unpaired) electrons. The molecule has 2 heterocycles. The standard InChI is InChI=1S/C15H16N6O2S/c1-3-20(11(2)22)15-17-12(9-24-15)8-23-14-6-4-13(5-7-14)21-10-16-18-19-21/h4-7,9-10H,3,8H2,1-2H3. The van der Waals surface area contributed by atoms with Gasteiger partial charge in [0.05, 0.1) is 11.4 Å². The number of aromatic nitrogens is 5. The molecule has 0 saturated heterocycles. The summed E-state index contributed by atoms with van der Waals surface area (Å²) in [6, 6.07) is 7.43. The van der Waals surface area contributed by atoms with E-state index in [-0.39, 0.29) is 5.91 Å². The van der Waals surface area contributed by atoms with Crippen LogP contribution < -0.4 is 9.64 Å². The first-order valence-corrected chi connectivity index (χ1v) is 8.24. The van der Waals surface area contributed by atoms with Crippen LogP contribution in [0.5, 0.6) is 5.75 Å². The van der Waals surface area contributed by atoms with Crippen LogP contribution in [0.15, 0.2) is 36.0 Å². The second-order valence-corrected chi connectivity index (χ2v) is 5.76. The van der Waals surface area contributed by atoms with Crippen LogP contribution in [0.25, 0.3) is 5.69 Å². The van der Waals surface area contributed by atoms with E-state index in [2.05, 4.69) is 20.5 Å². The molecule has 0 aliphatic rings. The Bertz CT molecular complexity index is 800. The third-order valence-corrected chi connectivity index (χ3v) is 4.22. The maximum atomic E-state index is 11.5. The number of ether oxygens (including phenoxy) is 1. The number of nitrogens with zero attached hydrogens (tertiary/aromatic N) is 6. The van der Waals surface area contributed by atoms with Crippen LogP contribution in [-0.4, -0.2) is 37.6 Å². The number of hydrogen-bond acceptors (Lipinski definition) is 7. The van der Waals surface area contributed by atoms with Crippen molar-refractivity contribution in [3.63, 3.8) is 0 Å². The summed E-state index contributed by atoms with van der Waals surface area (Å²) in [7, 11) is 0. The summed E-state index contributed by atoms with van der Waals surface area (Å²) in [6.45, 7) is 4.40. The maximum Gasteiger partial charge on any atom is 0.225 e. The molecule has 0 aliphatic heterocycles. The monoisotopic (exact) mass is 344 g/mol. The van der Waals surface area contributed by atoms with Crippen molar-refractivity contribution in [2.75, 3.05) is 11.4 Å². The molecule has 0 atom stereocenters.